The fraction of sp³-hybridized carbons (Fsp3) is 0.571. The van der Waals surface area contributed by atoms with Crippen molar-refractivity contribution in [3.63, 3.8) is 0 Å². The molecule has 0 radical (unpaired) electrons. The van der Waals surface area contributed by atoms with Crippen molar-refractivity contribution in [2.75, 3.05) is 6.54 Å². The van der Waals surface area contributed by atoms with Crippen LogP contribution in [0.1, 0.15) is 31.7 Å². The van der Waals surface area contributed by atoms with Gasteiger partial charge < -0.3 is 5.32 Å². The zero-order valence-corrected chi connectivity index (χ0v) is 9.58. The third-order valence-corrected chi connectivity index (χ3v) is 3.60. The zero-order valence-electron chi connectivity index (χ0n) is 9.58. The molecule has 2 rings (SSSR count). The maximum Gasteiger partial charge on any atom is 0.00988 e. The Morgan fingerprint density at radius 2 is 2.07 bits per heavy atom. The van der Waals surface area contributed by atoms with E-state index in [1.54, 1.807) is 0 Å². The van der Waals surface area contributed by atoms with Crippen LogP contribution in [0.25, 0.3) is 0 Å². The van der Waals surface area contributed by atoms with E-state index in [0.29, 0.717) is 0 Å². The summed E-state index contributed by atoms with van der Waals surface area (Å²) in [5.74, 6) is 0.911. The van der Waals surface area contributed by atoms with Crippen LogP contribution in [0.2, 0.25) is 0 Å². The van der Waals surface area contributed by atoms with E-state index >= 15 is 0 Å². The summed E-state index contributed by atoms with van der Waals surface area (Å²) in [6.45, 7) is 3.53. The monoisotopic (exact) mass is 203 g/mol. The van der Waals surface area contributed by atoms with Crippen molar-refractivity contribution >= 4 is 0 Å². The van der Waals surface area contributed by atoms with Gasteiger partial charge in [0.25, 0.3) is 0 Å². The van der Waals surface area contributed by atoms with Crippen LogP contribution in [0.4, 0.5) is 0 Å². The molecule has 15 heavy (non-hydrogen) atoms. The molecule has 1 aromatic carbocycles. The molecule has 1 N–H and O–H groups in total. The van der Waals surface area contributed by atoms with Crippen molar-refractivity contribution in [3.8, 4) is 0 Å². The van der Waals surface area contributed by atoms with E-state index in [1.807, 2.05) is 0 Å². The van der Waals surface area contributed by atoms with Crippen LogP contribution in [-0.2, 0) is 6.42 Å². The summed E-state index contributed by atoms with van der Waals surface area (Å²) in [6, 6.07) is 11.6. The molecule has 0 amide bonds. The van der Waals surface area contributed by atoms with E-state index in [2.05, 4.69) is 42.6 Å². The molecule has 1 aromatic rings. The quantitative estimate of drug-likeness (QED) is 0.793. The summed E-state index contributed by atoms with van der Waals surface area (Å²) in [6.07, 6.45) is 5.21. The summed E-state index contributed by atoms with van der Waals surface area (Å²) < 4.78 is 0. The second-order valence-corrected chi connectivity index (χ2v) is 4.54. The molecule has 1 aliphatic rings. The van der Waals surface area contributed by atoms with Gasteiger partial charge in [-0.15, -0.1) is 0 Å². The molecule has 82 valence electrons. The highest BCUT2D eigenvalue weighted by Crippen LogP contribution is 2.22. The van der Waals surface area contributed by atoms with Crippen LogP contribution in [-0.4, -0.2) is 12.6 Å². The molecule has 2 atom stereocenters. The highest BCUT2D eigenvalue weighted by molar-refractivity contribution is 5.14. The number of rotatable bonds is 4. The molecule has 0 aromatic heterocycles. The standard InChI is InChI=1S/C14H21N/c1-2-13-10-11-15-14(13)9-8-12-6-4-3-5-7-12/h3-7,13-15H,2,8-11H2,1H3/t13-,14-/m0/s1. The molecule has 1 nitrogen and oxygen atoms in total. The molecular weight excluding hydrogens is 182 g/mol. The highest BCUT2D eigenvalue weighted by atomic mass is 14.9. The first kappa shape index (κ1) is 10.7. The molecule has 1 saturated heterocycles. The third-order valence-electron chi connectivity index (χ3n) is 3.60. The second kappa shape index (κ2) is 5.32. The minimum Gasteiger partial charge on any atom is -0.314 e. The Morgan fingerprint density at radius 1 is 1.27 bits per heavy atom. The van der Waals surface area contributed by atoms with Gasteiger partial charge in [-0.3, -0.25) is 0 Å². The average Bonchev–Trinajstić information content (AvgIpc) is 2.75. The number of hydrogen-bond donors (Lipinski definition) is 1. The summed E-state index contributed by atoms with van der Waals surface area (Å²) in [5.41, 5.74) is 1.47. The minimum atomic E-state index is 0.759. The van der Waals surface area contributed by atoms with Crippen molar-refractivity contribution in [2.45, 2.75) is 38.6 Å². The van der Waals surface area contributed by atoms with Crippen LogP contribution in [0.15, 0.2) is 30.3 Å². The lowest BCUT2D eigenvalue weighted by Gasteiger charge is -2.17. The number of aryl methyl sites for hydroxylation is 1. The molecule has 0 unspecified atom stereocenters. The predicted octanol–water partition coefficient (Wildman–Crippen LogP) is 3.01. The third kappa shape index (κ3) is 2.82. The topological polar surface area (TPSA) is 12.0 Å². The number of hydrogen-bond acceptors (Lipinski definition) is 1. The predicted molar refractivity (Wildman–Crippen MR) is 65.0 cm³/mol. The molecule has 1 fully saturated rings. The maximum absolute atomic E-state index is 3.63. The lowest BCUT2D eigenvalue weighted by Crippen LogP contribution is -2.27. The van der Waals surface area contributed by atoms with Gasteiger partial charge in [-0.2, -0.15) is 0 Å². The van der Waals surface area contributed by atoms with Gasteiger partial charge in [0, 0.05) is 6.04 Å². The first-order valence-electron chi connectivity index (χ1n) is 6.17. The van der Waals surface area contributed by atoms with E-state index in [1.165, 1.54) is 37.8 Å². The van der Waals surface area contributed by atoms with E-state index in [9.17, 15) is 0 Å². The molecule has 0 spiro atoms. The summed E-state index contributed by atoms with van der Waals surface area (Å²) >= 11 is 0. The van der Waals surface area contributed by atoms with E-state index in [-0.39, 0.29) is 0 Å². The Bertz CT molecular complexity index is 281. The van der Waals surface area contributed by atoms with Crippen molar-refractivity contribution < 1.29 is 0 Å². The van der Waals surface area contributed by atoms with Gasteiger partial charge in [-0.1, -0.05) is 43.7 Å². The smallest absolute Gasteiger partial charge is 0.00988 e. The zero-order chi connectivity index (χ0) is 10.5. The highest BCUT2D eigenvalue weighted by Gasteiger charge is 2.24. The van der Waals surface area contributed by atoms with Crippen molar-refractivity contribution in [1.82, 2.24) is 5.32 Å². The second-order valence-electron chi connectivity index (χ2n) is 4.54. The largest absolute Gasteiger partial charge is 0.314 e. The van der Waals surface area contributed by atoms with Crippen LogP contribution < -0.4 is 5.32 Å². The van der Waals surface area contributed by atoms with Gasteiger partial charge in [0.15, 0.2) is 0 Å². The lowest BCUT2D eigenvalue weighted by atomic mass is 9.93. The summed E-state index contributed by atoms with van der Waals surface area (Å²) in [5, 5.41) is 3.63. The summed E-state index contributed by atoms with van der Waals surface area (Å²) in [7, 11) is 0. The molecule has 0 bridgehead atoms. The Kier molecular flexibility index (Phi) is 3.79. The Morgan fingerprint density at radius 3 is 2.80 bits per heavy atom. The summed E-state index contributed by atoms with van der Waals surface area (Å²) in [4.78, 5) is 0. The van der Waals surface area contributed by atoms with Crippen LogP contribution in [0, 0.1) is 5.92 Å². The minimum absolute atomic E-state index is 0.759. The lowest BCUT2D eigenvalue weighted by molar-refractivity contribution is 0.413. The molecule has 1 heteroatoms. The van der Waals surface area contributed by atoms with Gasteiger partial charge in [0.05, 0.1) is 0 Å². The molecule has 1 heterocycles. The van der Waals surface area contributed by atoms with Gasteiger partial charge >= 0.3 is 0 Å². The number of benzene rings is 1. The Hall–Kier alpha value is -0.820. The van der Waals surface area contributed by atoms with Crippen molar-refractivity contribution in [1.29, 1.82) is 0 Å². The average molecular weight is 203 g/mol. The van der Waals surface area contributed by atoms with Crippen molar-refractivity contribution in [3.05, 3.63) is 35.9 Å². The Balaban J connectivity index is 1.83. The van der Waals surface area contributed by atoms with Crippen molar-refractivity contribution in [2.24, 2.45) is 5.92 Å². The molecule has 0 aliphatic carbocycles. The molecule has 0 saturated carbocycles. The normalized spacial score (nSPS) is 25.7. The van der Waals surface area contributed by atoms with Gasteiger partial charge in [-0.05, 0) is 37.3 Å². The van der Waals surface area contributed by atoms with Gasteiger partial charge in [-0.25, -0.2) is 0 Å². The first-order valence-corrected chi connectivity index (χ1v) is 6.17. The van der Waals surface area contributed by atoms with Crippen LogP contribution in [0.3, 0.4) is 0 Å². The maximum atomic E-state index is 3.63. The van der Waals surface area contributed by atoms with Crippen LogP contribution >= 0.6 is 0 Å². The Labute approximate surface area is 92.9 Å². The van der Waals surface area contributed by atoms with E-state index in [0.717, 1.165) is 12.0 Å². The fourth-order valence-corrected chi connectivity index (χ4v) is 2.62. The van der Waals surface area contributed by atoms with E-state index in [4.69, 9.17) is 0 Å². The van der Waals surface area contributed by atoms with Crippen LogP contribution in [0.5, 0.6) is 0 Å². The molecule has 1 aliphatic heterocycles. The van der Waals surface area contributed by atoms with Gasteiger partial charge in [0.1, 0.15) is 0 Å². The SMILES string of the molecule is CC[C@H]1CCN[C@H]1CCc1ccccc1. The molecular formula is C14H21N. The van der Waals surface area contributed by atoms with E-state index < -0.39 is 0 Å². The fourth-order valence-electron chi connectivity index (χ4n) is 2.62. The number of nitrogens with one attached hydrogen (secondary N) is 1. The first-order chi connectivity index (χ1) is 7.40. The van der Waals surface area contributed by atoms with Gasteiger partial charge in [0.2, 0.25) is 0 Å².